The molecular formula is C74H109N5O7S4. The largest absolute Gasteiger partial charge is 0.481 e. The smallest absolute Gasteiger partial charge is 0.242 e. The first-order valence-electron chi connectivity index (χ1n) is 30.5. The van der Waals surface area contributed by atoms with Gasteiger partial charge in [-0.1, -0.05) is 219 Å². The summed E-state index contributed by atoms with van der Waals surface area (Å²) in [5.74, 6) is 11.1. The summed E-state index contributed by atoms with van der Waals surface area (Å²) in [6.07, 6.45) is 2.99. The van der Waals surface area contributed by atoms with Crippen LogP contribution in [0, 0.1) is 6.92 Å². The van der Waals surface area contributed by atoms with Crippen LogP contribution < -0.4 is 15.6 Å². The van der Waals surface area contributed by atoms with E-state index in [4.69, 9.17) is 15.6 Å². The molecule has 2 unspecified atom stereocenters. The highest BCUT2D eigenvalue weighted by atomic mass is 32.2. The number of aromatic nitrogens is 1. The molecule has 0 bridgehead atoms. The van der Waals surface area contributed by atoms with Crippen molar-refractivity contribution in [3.05, 3.63) is 221 Å². The molecule has 0 fully saturated rings. The molecule has 0 spiro atoms. The third-order valence-electron chi connectivity index (χ3n) is 14.5. The first-order valence-corrected chi connectivity index (χ1v) is 37.0. The van der Waals surface area contributed by atoms with Crippen molar-refractivity contribution in [2.45, 2.75) is 178 Å². The molecule has 12 nitrogen and oxygen atoms in total. The van der Waals surface area contributed by atoms with Gasteiger partial charge in [-0.2, -0.15) is 0 Å². The van der Waals surface area contributed by atoms with Gasteiger partial charge in [0.25, 0.3) is 0 Å². The molecule has 90 heavy (non-hydrogen) atoms. The minimum atomic E-state index is -3.56. The standard InChI is InChI=1S/C12H19NOS.C11H17NO2S.C11H15N.C11H16OS.C11H16.C9H13NO2S.C9H13NO/c1-10(2)11-6-8-12(9-7-11)15(5,14)13(3)4;1-9(2)10-6-5-7-11(8-10)15(13,14)12(3)4;1-8(2)10-4-6-11(7-5-10)9(3)12;1-9(2)13(4,12)11-7-5-10(3)6-8-11;1-4-10-6-5-7-11(8-10)9(2)3;1-7(2)8-4-3-5-9(6-8)13(10,11)12;1-7(2)8-4-5-9(11-3)10-6-8/h6-10H,5H2,1-4H3;5-9H,1-4H3;4-8H,3,12H2,1-2H3;5-9H,4H2,1-3H3;5-9H,4H2,1-3H3;3-7H,1-2H3,(H2,10,11,12);4-7H,1-3H3. The molecule has 496 valence electrons. The second kappa shape index (κ2) is 38.5. The van der Waals surface area contributed by atoms with Crippen molar-refractivity contribution in [3.8, 4) is 5.88 Å². The molecule has 6 aromatic carbocycles. The molecule has 0 aliphatic rings. The summed E-state index contributed by atoms with van der Waals surface area (Å²) in [5, 5.41) is 5.09. The fourth-order valence-corrected chi connectivity index (χ4v) is 11.4. The minimum Gasteiger partial charge on any atom is -0.481 e. The molecule has 0 aliphatic heterocycles. The molecular weight excluding hydrogens is 1200 g/mol. The third kappa shape index (κ3) is 28.0. The van der Waals surface area contributed by atoms with Crippen molar-refractivity contribution in [2.75, 3.05) is 35.3 Å². The maximum Gasteiger partial charge on any atom is 0.242 e. The van der Waals surface area contributed by atoms with E-state index in [2.05, 4.69) is 122 Å². The Labute approximate surface area is 546 Å². The number of sulfonamides is 2. The van der Waals surface area contributed by atoms with E-state index in [1.165, 1.54) is 57.8 Å². The summed E-state index contributed by atoms with van der Waals surface area (Å²) in [7, 11) is -2.97. The zero-order chi connectivity index (χ0) is 69.1. The average molecular weight is 1310 g/mol. The normalized spacial score (nSPS) is 12.6. The summed E-state index contributed by atoms with van der Waals surface area (Å²) in [6.45, 7) is 37.2. The average Bonchev–Trinajstić information content (AvgIpc) is 3.41. The number of hydrogen-bond donors (Lipinski definition) is 2. The molecule has 0 radical (unpaired) electrons. The molecule has 16 heteroatoms. The van der Waals surface area contributed by atoms with Crippen LogP contribution in [0.3, 0.4) is 0 Å². The number of nitrogens with two attached hydrogens (primary N) is 2. The van der Waals surface area contributed by atoms with Crippen LogP contribution >= 0.6 is 0 Å². The van der Waals surface area contributed by atoms with E-state index in [1.54, 1.807) is 55.8 Å². The lowest BCUT2D eigenvalue weighted by Gasteiger charge is -2.17. The first-order chi connectivity index (χ1) is 41.6. The Bertz CT molecular complexity index is 3710. The molecule has 2 atom stereocenters. The van der Waals surface area contributed by atoms with Crippen molar-refractivity contribution < 1.29 is 30.0 Å². The van der Waals surface area contributed by atoms with Gasteiger partial charge in [0.15, 0.2) is 0 Å². The van der Waals surface area contributed by atoms with Gasteiger partial charge in [-0.25, -0.2) is 39.8 Å². The van der Waals surface area contributed by atoms with E-state index < -0.39 is 39.3 Å². The molecule has 1 aromatic heterocycles. The number of pyridine rings is 1. The van der Waals surface area contributed by atoms with E-state index in [1.807, 2.05) is 140 Å². The second-order valence-corrected chi connectivity index (χ2v) is 33.5. The van der Waals surface area contributed by atoms with Crippen molar-refractivity contribution in [3.63, 3.8) is 0 Å². The summed E-state index contributed by atoms with van der Waals surface area (Å²) < 4.78 is 77.7. The predicted octanol–water partition coefficient (Wildman–Crippen LogP) is 16.7. The maximum atomic E-state index is 12.2. The van der Waals surface area contributed by atoms with Gasteiger partial charge in [-0.05, 0) is 177 Å². The van der Waals surface area contributed by atoms with Gasteiger partial charge in [-0.3, -0.25) is 4.21 Å². The fourth-order valence-electron chi connectivity index (χ4n) is 7.72. The van der Waals surface area contributed by atoms with E-state index in [0.717, 1.165) is 32.9 Å². The molecule has 7 aromatic rings. The van der Waals surface area contributed by atoms with Crippen molar-refractivity contribution in [1.82, 2.24) is 13.6 Å². The highest BCUT2D eigenvalue weighted by Crippen LogP contribution is 2.23. The number of ether oxygens (including phenoxy) is 1. The van der Waals surface area contributed by atoms with Crippen LogP contribution in [0.5, 0.6) is 5.88 Å². The Balaban J connectivity index is 0.000000526. The number of primary sulfonamides is 1. The SMILES string of the molecule is C=C(N)c1ccc(C(C)C)cc1.C=S(=O)(c1ccc(C(C)C)cc1)N(C)C.C=S(=O)(c1ccc(C)cc1)C(C)C.CC(C)c1cccc(S(=O)(=O)N(C)C)c1.CC(C)c1cccc(S(N)(=O)=O)c1.CCc1cccc(C(C)C)c1.COc1ccc(C(C)C)cn1. The number of benzene rings is 6. The van der Waals surface area contributed by atoms with Gasteiger partial charge < -0.3 is 10.5 Å². The van der Waals surface area contributed by atoms with Crippen LogP contribution in [0.1, 0.15) is 189 Å². The summed E-state index contributed by atoms with van der Waals surface area (Å²) in [5.41, 5.74) is 17.1. The molecule has 7 rings (SSSR count). The van der Waals surface area contributed by atoms with Crippen molar-refractivity contribution >= 4 is 56.7 Å². The van der Waals surface area contributed by atoms with E-state index >= 15 is 0 Å². The Kier molecular flexibility index (Phi) is 34.9. The second-order valence-electron chi connectivity index (χ2n) is 24.4. The van der Waals surface area contributed by atoms with Crippen molar-refractivity contribution in [2.24, 2.45) is 10.9 Å². The highest BCUT2D eigenvalue weighted by Gasteiger charge is 2.18. The maximum absolute atomic E-state index is 12.2. The molecule has 0 saturated heterocycles. The Morgan fingerprint density at radius 1 is 0.489 bits per heavy atom. The lowest BCUT2D eigenvalue weighted by molar-refractivity contribution is 0.397. The highest BCUT2D eigenvalue weighted by molar-refractivity contribution is 8.00. The topological polar surface area (TPSA) is 183 Å². The lowest BCUT2D eigenvalue weighted by Crippen LogP contribution is -2.22. The molecule has 4 N–H and O–H groups in total. The first kappa shape index (κ1) is 81.6. The van der Waals surface area contributed by atoms with Crippen LogP contribution in [-0.4, -0.2) is 91.1 Å². The van der Waals surface area contributed by atoms with Gasteiger partial charge in [0.1, 0.15) is 0 Å². The molecule has 1 heterocycles. The van der Waals surface area contributed by atoms with Gasteiger partial charge in [0, 0.05) is 47.1 Å². The number of aryl methyl sites for hydroxylation is 2. The zero-order valence-electron chi connectivity index (χ0n) is 57.9. The summed E-state index contributed by atoms with van der Waals surface area (Å²) >= 11 is 0. The Morgan fingerprint density at radius 2 is 0.878 bits per heavy atom. The lowest BCUT2D eigenvalue weighted by atomic mass is 10.0. The molecule has 0 amide bonds. The number of methoxy groups -OCH3 is 1. The van der Waals surface area contributed by atoms with Crippen molar-refractivity contribution in [1.29, 1.82) is 0 Å². The van der Waals surface area contributed by atoms with Crippen LogP contribution in [0.4, 0.5) is 0 Å². The van der Waals surface area contributed by atoms with Crippen LogP contribution in [0.15, 0.2) is 190 Å². The van der Waals surface area contributed by atoms with Gasteiger partial charge in [0.2, 0.25) is 25.9 Å². The summed E-state index contributed by atoms with van der Waals surface area (Å²) in [4.78, 5) is 6.28. The van der Waals surface area contributed by atoms with Crippen LogP contribution in [-0.2, 0) is 45.7 Å². The van der Waals surface area contributed by atoms with E-state index in [9.17, 15) is 25.3 Å². The Hall–Kier alpha value is -6.37. The zero-order valence-corrected chi connectivity index (χ0v) is 61.2. The number of hydrogen-bond acceptors (Lipinski definition) is 9. The number of nitrogens with zero attached hydrogens (tertiary/aromatic N) is 3. The summed E-state index contributed by atoms with van der Waals surface area (Å²) in [6, 6.07) is 50.4. The van der Waals surface area contributed by atoms with Gasteiger partial charge >= 0.3 is 0 Å². The minimum absolute atomic E-state index is 0.0928. The van der Waals surface area contributed by atoms with E-state index in [-0.39, 0.29) is 10.1 Å². The van der Waals surface area contributed by atoms with Gasteiger partial charge in [0.05, 0.1) is 26.6 Å². The molecule has 0 aliphatic carbocycles. The third-order valence-corrected chi connectivity index (χ3v) is 22.0. The fraction of sp³-hybridized carbons (Fsp3) is 0.392. The Morgan fingerprint density at radius 3 is 1.23 bits per heavy atom. The number of rotatable bonds is 16. The molecule has 0 saturated carbocycles. The monoisotopic (exact) mass is 1310 g/mol. The van der Waals surface area contributed by atoms with Crippen LogP contribution in [0.25, 0.3) is 5.70 Å². The van der Waals surface area contributed by atoms with Gasteiger partial charge in [-0.15, -0.1) is 0 Å². The quantitative estimate of drug-likeness (QED) is 0.0889. The van der Waals surface area contributed by atoms with Crippen LogP contribution in [0.2, 0.25) is 0 Å². The predicted molar refractivity (Wildman–Crippen MR) is 389 cm³/mol. The van der Waals surface area contributed by atoms with E-state index in [0.29, 0.717) is 52.0 Å².